The zero-order chi connectivity index (χ0) is 18.6. The summed E-state index contributed by atoms with van der Waals surface area (Å²) in [5, 5.41) is 9.58. The Morgan fingerprint density at radius 3 is 2.75 bits per heavy atom. The van der Waals surface area contributed by atoms with Crippen LogP contribution < -0.4 is 10.8 Å². The highest BCUT2D eigenvalue weighted by Crippen LogP contribution is 2.43. The van der Waals surface area contributed by atoms with Gasteiger partial charge in [-0.2, -0.15) is 5.10 Å². The minimum absolute atomic E-state index is 0.115. The highest BCUT2D eigenvalue weighted by Gasteiger charge is 2.41. The van der Waals surface area contributed by atoms with Crippen LogP contribution in [-0.2, 0) is 16.1 Å². The van der Waals surface area contributed by atoms with E-state index in [4.69, 9.17) is 14.6 Å². The second-order valence-corrected chi connectivity index (χ2v) is 8.77. The van der Waals surface area contributed by atoms with Crippen LogP contribution in [0.2, 0.25) is 0 Å². The summed E-state index contributed by atoms with van der Waals surface area (Å²) in [5.74, 6) is 0.766. The molecule has 7 heteroatoms. The van der Waals surface area contributed by atoms with E-state index in [-0.39, 0.29) is 5.60 Å². The number of pyridine rings is 1. The van der Waals surface area contributed by atoms with Gasteiger partial charge in [0.15, 0.2) is 5.65 Å². The van der Waals surface area contributed by atoms with Gasteiger partial charge < -0.3 is 10.1 Å². The second kappa shape index (κ2) is 6.46. The molecule has 4 aliphatic rings. The molecule has 0 bridgehead atoms. The third-order valence-electron chi connectivity index (χ3n) is 6.63. The Hall–Kier alpha value is -2.12. The zero-order valence-corrected chi connectivity index (χ0v) is 16.1. The molecule has 1 spiro atoms. The molecule has 148 valence electrons. The first-order valence-electron chi connectivity index (χ1n) is 10.7. The molecule has 1 saturated heterocycles. The lowest BCUT2D eigenvalue weighted by Crippen LogP contribution is -2.36. The van der Waals surface area contributed by atoms with Gasteiger partial charge in [-0.05, 0) is 56.9 Å². The third kappa shape index (κ3) is 2.88. The third-order valence-corrected chi connectivity index (χ3v) is 6.63. The fourth-order valence-electron chi connectivity index (χ4n) is 4.49. The first-order valence-corrected chi connectivity index (χ1v) is 10.7. The molecule has 2 aliphatic heterocycles. The maximum absolute atomic E-state index is 5.93. The molecule has 7 nitrogen and oxygen atoms in total. The molecule has 3 fully saturated rings. The van der Waals surface area contributed by atoms with Gasteiger partial charge in [-0.3, -0.25) is 10.3 Å². The van der Waals surface area contributed by atoms with Crippen molar-refractivity contribution in [2.75, 3.05) is 18.5 Å². The molecule has 2 saturated carbocycles. The van der Waals surface area contributed by atoms with Gasteiger partial charge in [-0.1, -0.05) is 0 Å². The Labute approximate surface area is 164 Å². The number of fused-ring (bicyclic) bond motifs is 1. The standard InChI is InChI=1S/C21H27N5O2/c1-6-21(7-1)10-18(25-28-21)16-11-22-20-17(12-23-26(20)13-14-2-3-14)19(16)24-15-4-8-27-9-5-15/h10-12,14-15,25H,1-9,13H2,(H,22,24). The summed E-state index contributed by atoms with van der Waals surface area (Å²) in [7, 11) is 0. The predicted molar refractivity (Wildman–Crippen MR) is 106 cm³/mol. The summed E-state index contributed by atoms with van der Waals surface area (Å²) in [6, 6.07) is 0.408. The van der Waals surface area contributed by atoms with E-state index in [2.05, 4.69) is 26.7 Å². The van der Waals surface area contributed by atoms with Crippen LogP contribution in [0, 0.1) is 5.92 Å². The number of hydrogen-bond donors (Lipinski definition) is 2. The van der Waals surface area contributed by atoms with Crippen LogP contribution in [-0.4, -0.2) is 39.6 Å². The number of hydrogen-bond acceptors (Lipinski definition) is 6. The van der Waals surface area contributed by atoms with Crippen molar-refractivity contribution in [2.24, 2.45) is 5.92 Å². The Bertz CT molecular complexity index is 922. The van der Waals surface area contributed by atoms with E-state index in [1.165, 1.54) is 19.3 Å². The van der Waals surface area contributed by atoms with Gasteiger partial charge in [0.2, 0.25) is 0 Å². The molecule has 0 amide bonds. The van der Waals surface area contributed by atoms with E-state index >= 15 is 0 Å². The molecule has 2 aromatic rings. The van der Waals surface area contributed by atoms with E-state index in [0.29, 0.717) is 6.04 Å². The van der Waals surface area contributed by atoms with Crippen LogP contribution in [0.5, 0.6) is 0 Å². The quantitative estimate of drug-likeness (QED) is 0.828. The number of nitrogens with one attached hydrogen (secondary N) is 2. The van der Waals surface area contributed by atoms with E-state index < -0.39 is 0 Å². The second-order valence-electron chi connectivity index (χ2n) is 8.77. The largest absolute Gasteiger partial charge is 0.381 e. The monoisotopic (exact) mass is 381 g/mol. The van der Waals surface area contributed by atoms with Crippen molar-refractivity contribution in [1.82, 2.24) is 20.2 Å². The number of nitrogens with zero attached hydrogens (tertiary/aromatic N) is 3. The SMILES string of the molecule is C1=C(c2cnc3c(cnn3CC3CC3)c2NC2CCOCC2)NOC12CCC2. The zero-order valence-electron chi connectivity index (χ0n) is 16.1. The van der Waals surface area contributed by atoms with Gasteiger partial charge >= 0.3 is 0 Å². The smallest absolute Gasteiger partial charge is 0.159 e. The topological polar surface area (TPSA) is 73.2 Å². The molecule has 0 radical (unpaired) electrons. The molecular weight excluding hydrogens is 354 g/mol. The molecule has 2 N–H and O–H groups in total. The summed E-state index contributed by atoms with van der Waals surface area (Å²) in [4.78, 5) is 10.7. The molecule has 4 heterocycles. The average Bonchev–Trinajstić information content (AvgIpc) is 3.23. The molecule has 0 atom stereocenters. The van der Waals surface area contributed by atoms with Crippen molar-refractivity contribution in [3.05, 3.63) is 24.0 Å². The minimum atomic E-state index is -0.115. The van der Waals surface area contributed by atoms with Crippen LogP contribution in [0.3, 0.4) is 0 Å². The Kier molecular flexibility index (Phi) is 3.87. The molecule has 2 aliphatic carbocycles. The highest BCUT2D eigenvalue weighted by molar-refractivity contribution is 5.95. The van der Waals surface area contributed by atoms with Crippen LogP contribution in [0.15, 0.2) is 18.5 Å². The Morgan fingerprint density at radius 2 is 2.04 bits per heavy atom. The summed E-state index contributed by atoms with van der Waals surface area (Å²) in [6.45, 7) is 2.60. The Morgan fingerprint density at radius 1 is 1.18 bits per heavy atom. The van der Waals surface area contributed by atoms with E-state index in [0.717, 1.165) is 79.3 Å². The molecule has 0 aromatic carbocycles. The maximum Gasteiger partial charge on any atom is 0.159 e. The molecule has 0 unspecified atom stereocenters. The van der Waals surface area contributed by atoms with Crippen molar-refractivity contribution < 1.29 is 9.57 Å². The van der Waals surface area contributed by atoms with Crippen molar-refractivity contribution in [2.45, 2.75) is 63.1 Å². The predicted octanol–water partition coefficient (Wildman–Crippen LogP) is 3.23. The minimum Gasteiger partial charge on any atom is -0.381 e. The molecule has 6 rings (SSSR count). The van der Waals surface area contributed by atoms with Gasteiger partial charge in [-0.25, -0.2) is 9.67 Å². The summed E-state index contributed by atoms with van der Waals surface area (Å²) in [6.07, 6.45) is 14.3. The lowest BCUT2D eigenvalue weighted by molar-refractivity contribution is -0.0821. The van der Waals surface area contributed by atoms with Crippen molar-refractivity contribution in [3.8, 4) is 0 Å². The van der Waals surface area contributed by atoms with Gasteiger partial charge in [0.1, 0.15) is 5.60 Å². The lowest BCUT2D eigenvalue weighted by atomic mass is 9.80. The summed E-state index contributed by atoms with van der Waals surface area (Å²) < 4.78 is 7.62. The number of hydroxylamine groups is 1. The number of aromatic nitrogens is 3. The van der Waals surface area contributed by atoms with Crippen LogP contribution in [0.1, 0.15) is 50.5 Å². The van der Waals surface area contributed by atoms with Crippen molar-refractivity contribution >= 4 is 22.4 Å². The Balaban J connectivity index is 1.41. The van der Waals surface area contributed by atoms with Crippen LogP contribution >= 0.6 is 0 Å². The summed E-state index contributed by atoms with van der Waals surface area (Å²) >= 11 is 0. The highest BCUT2D eigenvalue weighted by atomic mass is 16.7. The fourth-order valence-corrected chi connectivity index (χ4v) is 4.49. The van der Waals surface area contributed by atoms with Crippen molar-refractivity contribution in [3.63, 3.8) is 0 Å². The van der Waals surface area contributed by atoms with Crippen LogP contribution in [0.25, 0.3) is 16.7 Å². The first-order chi connectivity index (χ1) is 13.8. The number of rotatable bonds is 5. The van der Waals surface area contributed by atoms with Gasteiger partial charge in [0.25, 0.3) is 0 Å². The van der Waals surface area contributed by atoms with Gasteiger partial charge in [0.05, 0.1) is 23.0 Å². The van der Waals surface area contributed by atoms with Gasteiger partial charge in [-0.15, -0.1) is 0 Å². The molecular formula is C21H27N5O2. The van der Waals surface area contributed by atoms with Crippen LogP contribution in [0.4, 0.5) is 5.69 Å². The van der Waals surface area contributed by atoms with E-state index in [1.807, 2.05) is 12.4 Å². The first kappa shape index (κ1) is 16.8. The molecule has 2 aromatic heterocycles. The maximum atomic E-state index is 5.93. The average molecular weight is 381 g/mol. The van der Waals surface area contributed by atoms with E-state index in [9.17, 15) is 0 Å². The normalized spacial score (nSPS) is 24.2. The number of ether oxygens (including phenoxy) is 1. The number of anilines is 1. The summed E-state index contributed by atoms with van der Waals surface area (Å²) in [5.41, 5.74) is 7.27. The van der Waals surface area contributed by atoms with Crippen molar-refractivity contribution in [1.29, 1.82) is 0 Å². The lowest BCUT2D eigenvalue weighted by Gasteiger charge is -2.33. The van der Waals surface area contributed by atoms with E-state index in [1.54, 1.807) is 0 Å². The van der Waals surface area contributed by atoms with Gasteiger partial charge in [0, 0.05) is 37.6 Å². The fraction of sp³-hybridized carbons (Fsp3) is 0.619. The molecule has 28 heavy (non-hydrogen) atoms.